The first-order valence-electron chi connectivity index (χ1n) is 9.40. The van der Waals surface area contributed by atoms with Gasteiger partial charge in [0.25, 0.3) is 5.91 Å². The van der Waals surface area contributed by atoms with Gasteiger partial charge in [-0.3, -0.25) is 10.1 Å². The topological polar surface area (TPSA) is 87.4 Å². The molecule has 1 heterocycles. The number of hydrogen-bond donors (Lipinski definition) is 3. The molecule has 0 aliphatic heterocycles. The van der Waals surface area contributed by atoms with E-state index < -0.39 is 0 Å². The van der Waals surface area contributed by atoms with Crippen molar-refractivity contribution in [2.75, 3.05) is 5.32 Å². The van der Waals surface area contributed by atoms with E-state index >= 15 is 0 Å². The van der Waals surface area contributed by atoms with Crippen molar-refractivity contribution in [2.45, 2.75) is 13.8 Å². The minimum absolute atomic E-state index is 0.0224. The number of nitrogens with zero attached hydrogens (tertiary/aromatic N) is 1. The van der Waals surface area contributed by atoms with Gasteiger partial charge in [0, 0.05) is 16.2 Å². The zero-order valence-electron chi connectivity index (χ0n) is 16.7. The highest BCUT2D eigenvalue weighted by atomic mass is 79.9. The fourth-order valence-corrected chi connectivity index (χ4v) is 3.94. The molecule has 0 saturated heterocycles. The fraction of sp³-hybridized carbons (Fsp3) is 0.0870. The Kier molecular flexibility index (Phi) is 5.75. The van der Waals surface area contributed by atoms with Gasteiger partial charge in [-0.05, 0) is 83.5 Å². The fourth-order valence-electron chi connectivity index (χ4n) is 3.26. The molecular weight excluding hydrogens is 478 g/mol. The summed E-state index contributed by atoms with van der Waals surface area (Å²) in [6, 6.07) is 15.9. The number of anilines is 1. The molecule has 3 N–H and O–H groups in total. The van der Waals surface area contributed by atoms with E-state index in [0.29, 0.717) is 32.8 Å². The van der Waals surface area contributed by atoms with Crippen molar-refractivity contribution in [3.05, 3.63) is 75.8 Å². The average Bonchev–Trinajstić information content (AvgIpc) is 3.12. The quantitative estimate of drug-likeness (QED) is 0.315. The molecule has 8 heteroatoms. The molecule has 0 radical (unpaired) electrons. The summed E-state index contributed by atoms with van der Waals surface area (Å²) < 4.78 is 6.54. The van der Waals surface area contributed by atoms with Crippen molar-refractivity contribution >= 4 is 56.0 Å². The summed E-state index contributed by atoms with van der Waals surface area (Å²) in [7, 11) is 0. The number of fused-ring (bicyclic) bond motifs is 1. The van der Waals surface area contributed by atoms with Crippen molar-refractivity contribution in [2.24, 2.45) is 0 Å². The third kappa shape index (κ3) is 4.45. The second-order valence-electron chi connectivity index (χ2n) is 7.07. The number of hydrogen-bond acceptors (Lipinski definition) is 5. The minimum atomic E-state index is -0.344. The average molecular weight is 496 g/mol. The molecule has 4 rings (SSSR count). The standard InChI is InChI=1S/C23H18BrN3O3S/c1-12-9-13(2)20-18(10-12)26-22(30-20)16-8-7-14(11-19(16)28)25-23(31)27-21(29)15-5-3-4-6-17(15)24/h3-11,28H,1-2H3,(H2,25,27,29,31). The van der Waals surface area contributed by atoms with E-state index in [-0.39, 0.29) is 16.8 Å². The highest BCUT2D eigenvalue weighted by molar-refractivity contribution is 9.10. The molecule has 6 nitrogen and oxygen atoms in total. The van der Waals surface area contributed by atoms with Crippen LogP contribution in [0.5, 0.6) is 5.75 Å². The molecule has 4 aromatic rings. The summed E-state index contributed by atoms with van der Waals surface area (Å²) in [4.78, 5) is 16.9. The molecule has 0 aliphatic carbocycles. The summed E-state index contributed by atoms with van der Waals surface area (Å²) in [5, 5.41) is 16.2. The minimum Gasteiger partial charge on any atom is -0.507 e. The van der Waals surface area contributed by atoms with Crippen LogP contribution in [-0.2, 0) is 0 Å². The van der Waals surface area contributed by atoms with Crippen LogP contribution in [0.15, 0.2) is 63.5 Å². The number of phenolic OH excluding ortho intramolecular Hbond substituents is 1. The van der Waals surface area contributed by atoms with E-state index in [9.17, 15) is 9.90 Å². The van der Waals surface area contributed by atoms with Gasteiger partial charge in [-0.15, -0.1) is 0 Å². The molecule has 1 amide bonds. The van der Waals surface area contributed by atoms with Crippen molar-refractivity contribution in [3.8, 4) is 17.2 Å². The summed E-state index contributed by atoms with van der Waals surface area (Å²) in [6.07, 6.45) is 0. The summed E-state index contributed by atoms with van der Waals surface area (Å²) in [5.41, 5.74) is 4.95. The third-order valence-electron chi connectivity index (χ3n) is 4.65. The third-order valence-corrected chi connectivity index (χ3v) is 5.55. The molecule has 1 aromatic heterocycles. The van der Waals surface area contributed by atoms with Crippen LogP contribution in [0, 0.1) is 13.8 Å². The number of aryl methyl sites for hydroxylation is 2. The van der Waals surface area contributed by atoms with Crippen molar-refractivity contribution < 1.29 is 14.3 Å². The molecule has 31 heavy (non-hydrogen) atoms. The molecule has 0 spiro atoms. The molecule has 0 fully saturated rings. The van der Waals surface area contributed by atoms with Crippen LogP contribution in [0.3, 0.4) is 0 Å². The summed E-state index contributed by atoms with van der Waals surface area (Å²) in [6.45, 7) is 3.96. The largest absolute Gasteiger partial charge is 0.507 e. The van der Waals surface area contributed by atoms with Gasteiger partial charge >= 0.3 is 0 Å². The van der Waals surface area contributed by atoms with Crippen LogP contribution in [0.1, 0.15) is 21.5 Å². The Bertz CT molecular complexity index is 1330. The Balaban J connectivity index is 1.51. The summed E-state index contributed by atoms with van der Waals surface area (Å²) in [5.74, 6) is -0.0358. The molecular formula is C23H18BrN3O3S. The Morgan fingerprint density at radius 1 is 1.13 bits per heavy atom. The first-order valence-corrected chi connectivity index (χ1v) is 10.6. The normalized spacial score (nSPS) is 10.8. The van der Waals surface area contributed by atoms with E-state index in [0.717, 1.165) is 16.6 Å². The molecule has 3 aromatic carbocycles. The number of oxazole rings is 1. The van der Waals surface area contributed by atoms with Gasteiger partial charge in [-0.25, -0.2) is 4.98 Å². The number of carbonyl (C=O) groups is 1. The first kappa shape index (κ1) is 21.0. The van der Waals surface area contributed by atoms with Crippen molar-refractivity contribution in [1.82, 2.24) is 10.3 Å². The Morgan fingerprint density at radius 2 is 1.90 bits per heavy atom. The highest BCUT2D eigenvalue weighted by Crippen LogP contribution is 2.34. The number of nitrogens with one attached hydrogen (secondary N) is 2. The van der Waals surface area contributed by atoms with Gasteiger partial charge in [0.15, 0.2) is 10.7 Å². The lowest BCUT2D eigenvalue weighted by atomic mass is 10.1. The molecule has 0 aliphatic rings. The second-order valence-corrected chi connectivity index (χ2v) is 8.33. The SMILES string of the molecule is Cc1cc(C)c2oc(-c3ccc(NC(=S)NC(=O)c4ccccc4Br)cc3O)nc2c1. The predicted molar refractivity (Wildman–Crippen MR) is 128 cm³/mol. The lowest BCUT2D eigenvalue weighted by Crippen LogP contribution is -2.34. The van der Waals surface area contributed by atoms with Crippen molar-refractivity contribution in [1.29, 1.82) is 0 Å². The lowest BCUT2D eigenvalue weighted by molar-refractivity contribution is 0.0977. The van der Waals surface area contributed by atoms with Gasteiger partial charge in [0.05, 0.1) is 11.1 Å². The van der Waals surface area contributed by atoms with E-state index in [4.69, 9.17) is 16.6 Å². The van der Waals surface area contributed by atoms with Crippen LogP contribution in [0.4, 0.5) is 5.69 Å². The maximum absolute atomic E-state index is 12.4. The Hall–Kier alpha value is -3.23. The zero-order valence-corrected chi connectivity index (χ0v) is 19.1. The Labute approximate surface area is 192 Å². The van der Waals surface area contributed by atoms with E-state index in [1.54, 1.807) is 30.3 Å². The van der Waals surface area contributed by atoms with Crippen LogP contribution >= 0.6 is 28.1 Å². The number of aromatic nitrogens is 1. The number of halogens is 1. The number of benzene rings is 3. The number of amides is 1. The zero-order chi connectivity index (χ0) is 22.1. The smallest absolute Gasteiger partial charge is 0.258 e. The van der Waals surface area contributed by atoms with E-state index in [2.05, 4.69) is 31.5 Å². The lowest BCUT2D eigenvalue weighted by Gasteiger charge is -2.11. The number of aromatic hydroxyl groups is 1. The molecule has 0 bridgehead atoms. The first-order chi connectivity index (χ1) is 14.8. The van der Waals surface area contributed by atoms with Crippen LogP contribution < -0.4 is 10.6 Å². The van der Waals surface area contributed by atoms with Crippen LogP contribution in [0.25, 0.3) is 22.6 Å². The molecule has 0 saturated carbocycles. The van der Waals surface area contributed by atoms with Gasteiger partial charge in [-0.1, -0.05) is 18.2 Å². The van der Waals surface area contributed by atoms with E-state index in [1.165, 1.54) is 6.07 Å². The molecule has 0 atom stereocenters. The predicted octanol–water partition coefficient (Wildman–Crippen LogP) is 5.71. The maximum atomic E-state index is 12.4. The van der Waals surface area contributed by atoms with Crippen LogP contribution in [-0.4, -0.2) is 21.1 Å². The highest BCUT2D eigenvalue weighted by Gasteiger charge is 2.15. The second kappa shape index (κ2) is 8.49. The van der Waals surface area contributed by atoms with Gasteiger partial charge < -0.3 is 14.8 Å². The molecule has 0 unspecified atom stereocenters. The molecule has 156 valence electrons. The van der Waals surface area contributed by atoms with Gasteiger partial charge in [0.1, 0.15) is 11.3 Å². The van der Waals surface area contributed by atoms with Crippen molar-refractivity contribution in [3.63, 3.8) is 0 Å². The van der Waals surface area contributed by atoms with E-state index in [1.807, 2.05) is 32.0 Å². The van der Waals surface area contributed by atoms with Gasteiger partial charge in [-0.2, -0.15) is 0 Å². The number of rotatable bonds is 3. The van der Waals surface area contributed by atoms with Gasteiger partial charge in [0.2, 0.25) is 5.89 Å². The number of carbonyl (C=O) groups excluding carboxylic acids is 1. The monoisotopic (exact) mass is 495 g/mol. The number of thiocarbonyl (C=S) groups is 1. The number of phenols is 1. The maximum Gasteiger partial charge on any atom is 0.258 e. The Morgan fingerprint density at radius 3 is 2.65 bits per heavy atom. The summed E-state index contributed by atoms with van der Waals surface area (Å²) >= 11 is 8.57. The van der Waals surface area contributed by atoms with Crippen LogP contribution in [0.2, 0.25) is 0 Å².